The van der Waals surface area contributed by atoms with Gasteiger partial charge in [-0.25, -0.2) is 0 Å². The molecule has 0 amide bonds. The predicted molar refractivity (Wildman–Crippen MR) is 77.6 cm³/mol. The Morgan fingerprint density at radius 2 is 1.88 bits per heavy atom. The molecule has 2 fully saturated rings. The van der Waals surface area contributed by atoms with E-state index in [0.29, 0.717) is 12.1 Å². The zero-order chi connectivity index (χ0) is 12.4. The van der Waals surface area contributed by atoms with Crippen molar-refractivity contribution in [1.29, 1.82) is 0 Å². The molecule has 0 radical (unpaired) electrons. The highest BCUT2D eigenvalue weighted by Gasteiger charge is 2.27. The van der Waals surface area contributed by atoms with Crippen molar-refractivity contribution in [3.05, 3.63) is 0 Å². The maximum absolute atomic E-state index is 4.96. The lowest BCUT2D eigenvalue weighted by Crippen LogP contribution is -2.42. The largest absolute Gasteiger partial charge is 0.362 e. The van der Waals surface area contributed by atoms with Crippen LogP contribution in [0.5, 0.6) is 0 Å². The molecule has 1 saturated heterocycles. The van der Waals surface area contributed by atoms with Gasteiger partial charge in [-0.3, -0.25) is 4.99 Å². The minimum absolute atomic E-state index is 0.557. The molecule has 1 N–H and O–H groups in total. The normalized spacial score (nSPS) is 45.6. The highest BCUT2D eigenvalue weighted by Crippen LogP contribution is 2.31. The van der Waals surface area contributed by atoms with E-state index < -0.39 is 0 Å². The third kappa shape index (κ3) is 3.40. The molecule has 0 spiro atoms. The second-order valence-electron chi connectivity index (χ2n) is 6.12. The Balaban J connectivity index is 1.95. The van der Waals surface area contributed by atoms with Crippen LogP contribution < -0.4 is 5.32 Å². The maximum Gasteiger partial charge on any atom is 0.157 e. The molecule has 0 bridgehead atoms. The molecule has 3 heteroatoms. The highest BCUT2D eigenvalue weighted by molar-refractivity contribution is 8.13. The van der Waals surface area contributed by atoms with Crippen molar-refractivity contribution in [2.24, 2.45) is 22.7 Å². The van der Waals surface area contributed by atoms with Crippen LogP contribution in [0.2, 0.25) is 0 Å². The SMILES string of the molecule is CC1CCC(N=C2NC(C)C(C)CS2)C(C)C1. The predicted octanol–water partition coefficient (Wildman–Crippen LogP) is 3.53. The molecule has 1 heterocycles. The van der Waals surface area contributed by atoms with Gasteiger partial charge in [0.05, 0.1) is 6.04 Å². The molecule has 0 aromatic heterocycles. The van der Waals surface area contributed by atoms with Gasteiger partial charge in [0.25, 0.3) is 0 Å². The Hall–Kier alpha value is -0.180. The van der Waals surface area contributed by atoms with Crippen LogP contribution in [0.15, 0.2) is 4.99 Å². The molecule has 2 nitrogen and oxygen atoms in total. The number of amidine groups is 1. The van der Waals surface area contributed by atoms with E-state index >= 15 is 0 Å². The second-order valence-corrected chi connectivity index (χ2v) is 7.13. The third-order valence-electron chi connectivity index (χ3n) is 4.36. The van der Waals surface area contributed by atoms with Gasteiger partial charge in [-0.15, -0.1) is 0 Å². The summed E-state index contributed by atoms with van der Waals surface area (Å²) in [5, 5.41) is 4.75. The molecule has 17 heavy (non-hydrogen) atoms. The number of thioether (sulfide) groups is 1. The number of aliphatic imine (C=N–C) groups is 1. The standard InChI is InChI=1S/C14H26N2S/c1-9-5-6-13(10(2)7-9)16-14-15-12(4)11(3)8-17-14/h9-13H,5-8H2,1-4H3,(H,15,16). The summed E-state index contributed by atoms with van der Waals surface area (Å²) in [6, 6.07) is 1.13. The Morgan fingerprint density at radius 3 is 2.53 bits per heavy atom. The smallest absolute Gasteiger partial charge is 0.157 e. The number of hydrogen-bond acceptors (Lipinski definition) is 2. The maximum atomic E-state index is 4.96. The van der Waals surface area contributed by atoms with Crippen LogP contribution in [0, 0.1) is 17.8 Å². The average molecular weight is 254 g/mol. The lowest BCUT2D eigenvalue weighted by Gasteiger charge is -2.33. The van der Waals surface area contributed by atoms with Crippen LogP contribution >= 0.6 is 11.8 Å². The molecule has 1 saturated carbocycles. The summed E-state index contributed by atoms with van der Waals surface area (Å²) in [6.45, 7) is 9.32. The summed E-state index contributed by atoms with van der Waals surface area (Å²) in [4.78, 5) is 4.96. The number of nitrogens with one attached hydrogen (secondary N) is 1. The Kier molecular flexibility index (Phi) is 4.40. The van der Waals surface area contributed by atoms with Crippen molar-refractivity contribution in [1.82, 2.24) is 5.32 Å². The molecule has 5 unspecified atom stereocenters. The first-order valence-electron chi connectivity index (χ1n) is 7.03. The average Bonchev–Trinajstić information content (AvgIpc) is 2.27. The summed E-state index contributed by atoms with van der Waals surface area (Å²) in [5.74, 6) is 3.61. The summed E-state index contributed by atoms with van der Waals surface area (Å²) < 4.78 is 0. The van der Waals surface area contributed by atoms with E-state index in [1.165, 1.54) is 30.2 Å². The summed E-state index contributed by atoms with van der Waals surface area (Å²) in [7, 11) is 0. The topological polar surface area (TPSA) is 24.4 Å². The van der Waals surface area contributed by atoms with Crippen LogP contribution in [0.25, 0.3) is 0 Å². The van der Waals surface area contributed by atoms with Gasteiger partial charge in [0.15, 0.2) is 5.17 Å². The highest BCUT2D eigenvalue weighted by atomic mass is 32.2. The molecule has 2 aliphatic rings. The fraction of sp³-hybridized carbons (Fsp3) is 0.929. The van der Waals surface area contributed by atoms with Crippen LogP contribution in [0.4, 0.5) is 0 Å². The first-order chi connectivity index (χ1) is 8.06. The lowest BCUT2D eigenvalue weighted by molar-refractivity contribution is 0.264. The minimum atomic E-state index is 0.557. The van der Waals surface area contributed by atoms with E-state index in [0.717, 1.165) is 17.8 Å². The fourth-order valence-electron chi connectivity index (χ4n) is 2.80. The number of nitrogens with zero attached hydrogens (tertiary/aromatic N) is 1. The molecule has 1 aliphatic heterocycles. The second kappa shape index (κ2) is 5.64. The van der Waals surface area contributed by atoms with E-state index in [9.17, 15) is 0 Å². The first kappa shape index (κ1) is 13.3. The van der Waals surface area contributed by atoms with Crippen molar-refractivity contribution in [3.8, 4) is 0 Å². The minimum Gasteiger partial charge on any atom is -0.362 e. The van der Waals surface area contributed by atoms with Gasteiger partial charge >= 0.3 is 0 Å². The molecule has 0 aromatic rings. The third-order valence-corrected chi connectivity index (χ3v) is 5.55. The van der Waals surface area contributed by atoms with Gasteiger partial charge < -0.3 is 5.32 Å². The van der Waals surface area contributed by atoms with Gasteiger partial charge in [-0.05, 0) is 43.9 Å². The molecular formula is C14H26N2S. The van der Waals surface area contributed by atoms with Crippen molar-refractivity contribution in [2.45, 2.75) is 59.0 Å². The fourth-order valence-corrected chi connectivity index (χ4v) is 3.99. The molecule has 98 valence electrons. The Bertz CT molecular complexity index is 290. The Labute approximate surface area is 110 Å². The molecule has 5 atom stereocenters. The number of hydrogen-bond donors (Lipinski definition) is 1. The lowest BCUT2D eigenvalue weighted by atomic mass is 9.80. The van der Waals surface area contributed by atoms with Gasteiger partial charge in [-0.2, -0.15) is 0 Å². The van der Waals surface area contributed by atoms with Crippen LogP contribution in [-0.2, 0) is 0 Å². The van der Waals surface area contributed by atoms with Gasteiger partial charge in [-0.1, -0.05) is 32.5 Å². The van der Waals surface area contributed by atoms with Crippen molar-refractivity contribution in [3.63, 3.8) is 0 Å². The first-order valence-corrected chi connectivity index (χ1v) is 8.02. The van der Waals surface area contributed by atoms with Gasteiger partial charge in [0.2, 0.25) is 0 Å². The molecular weight excluding hydrogens is 228 g/mol. The van der Waals surface area contributed by atoms with Gasteiger partial charge in [0.1, 0.15) is 0 Å². The van der Waals surface area contributed by atoms with E-state index in [-0.39, 0.29) is 0 Å². The van der Waals surface area contributed by atoms with Crippen LogP contribution in [-0.4, -0.2) is 23.0 Å². The van der Waals surface area contributed by atoms with E-state index in [4.69, 9.17) is 4.99 Å². The van der Waals surface area contributed by atoms with E-state index in [1.54, 1.807) is 0 Å². The summed E-state index contributed by atoms with van der Waals surface area (Å²) in [5.41, 5.74) is 0. The van der Waals surface area contributed by atoms with Crippen LogP contribution in [0.1, 0.15) is 47.0 Å². The van der Waals surface area contributed by atoms with E-state index in [2.05, 4.69) is 33.0 Å². The number of rotatable bonds is 1. The quantitative estimate of drug-likeness (QED) is 0.774. The monoisotopic (exact) mass is 254 g/mol. The van der Waals surface area contributed by atoms with E-state index in [1.807, 2.05) is 11.8 Å². The summed E-state index contributed by atoms with van der Waals surface area (Å²) in [6.07, 6.45) is 3.97. The Morgan fingerprint density at radius 1 is 1.12 bits per heavy atom. The van der Waals surface area contributed by atoms with Crippen molar-refractivity contribution < 1.29 is 0 Å². The molecule has 1 aliphatic carbocycles. The molecule has 0 aromatic carbocycles. The van der Waals surface area contributed by atoms with Gasteiger partial charge in [0, 0.05) is 11.8 Å². The summed E-state index contributed by atoms with van der Waals surface area (Å²) >= 11 is 1.91. The van der Waals surface area contributed by atoms with Crippen LogP contribution in [0.3, 0.4) is 0 Å². The zero-order valence-corrected chi connectivity index (χ0v) is 12.4. The molecule has 2 rings (SSSR count). The zero-order valence-electron chi connectivity index (χ0n) is 11.6. The van der Waals surface area contributed by atoms with Crippen molar-refractivity contribution in [2.75, 3.05) is 5.75 Å². The van der Waals surface area contributed by atoms with Crippen molar-refractivity contribution >= 4 is 16.9 Å².